The van der Waals surface area contributed by atoms with Crippen LogP contribution in [-0.2, 0) is 6.54 Å². The van der Waals surface area contributed by atoms with Gasteiger partial charge in [0.1, 0.15) is 5.82 Å². The van der Waals surface area contributed by atoms with E-state index in [1.54, 1.807) is 24.3 Å². The van der Waals surface area contributed by atoms with Gasteiger partial charge in [-0.2, -0.15) is 0 Å². The molecule has 0 spiro atoms. The zero-order chi connectivity index (χ0) is 13.8. The fourth-order valence-corrected chi connectivity index (χ4v) is 1.90. The first kappa shape index (κ1) is 13.5. The largest absolute Gasteiger partial charge is 0.504 e. The van der Waals surface area contributed by atoms with Crippen LogP contribution in [0.3, 0.4) is 0 Å². The highest BCUT2D eigenvalue weighted by Crippen LogP contribution is 2.27. The summed E-state index contributed by atoms with van der Waals surface area (Å²) in [4.78, 5) is 0. The molecule has 0 bridgehead atoms. The number of phenols is 1. The van der Waals surface area contributed by atoms with Gasteiger partial charge in [-0.25, -0.2) is 4.39 Å². The maximum absolute atomic E-state index is 12.9. The molecule has 2 N–H and O–H groups in total. The third-order valence-electron chi connectivity index (χ3n) is 2.66. The zero-order valence-electron chi connectivity index (χ0n) is 10.3. The van der Waals surface area contributed by atoms with E-state index in [0.29, 0.717) is 23.0 Å². The molecule has 0 amide bonds. The smallest absolute Gasteiger partial charge is 0.160 e. The van der Waals surface area contributed by atoms with Gasteiger partial charge in [-0.05, 0) is 35.9 Å². The van der Waals surface area contributed by atoms with E-state index < -0.39 is 0 Å². The first-order chi connectivity index (χ1) is 9.10. The summed E-state index contributed by atoms with van der Waals surface area (Å²) >= 11 is 5.91. The number of rotatable bonds is 4. The molecule has 0 atom stereocenters. The summed E-state index contributed by atoms with van der Waals surface area (Å²) in [6.07, 6.45) is 0. The number of methoxy groups -OCH3 is 1. The molecule has 2 aromatic rings. The second kappa shape index (κ2) is 5.80. The van der Waals surface area contributed by atoms with Crippen LogP contribution in [0.4, 0.5) is 10.1 Å². The van der Waals surface area contributed by atoms with Crippen LogP contribution in [0.15, 0.2) is 36.4 Å². The van der Waals surface area contributed by atoms with Gasteiger partial charge in [-0.3, -0.25) is 0 Å². The van der Waals surface area contributed by atoms with Crippen molar-refractivity contribution in [3.8, 4) is 11.5 Å². The lowest BCUT2D eigenvalue weighted by Crippen LogP contribution is -2.00. The lowest BCUT2D eigenvalue weighted by molar-refractivity contribution is 0.373. The predicted molar refractivity (Wildman–Crippen MR) is 73.4 cm³/mol. The Balaban J connectivity index is 2.10. The molecule has 0 saturated carbocycles. The fraction of sp³-hybridized carbons (Fsp3) is 0.143. The molecule has 0 aliphatic rings. The Labute approximate surface area is 115 Å². The molecule has 5 heteroatoms. The van der Waals surface area contributed by atoms with Crippen LogP contribution in [0.2, 0.25) is 5.02 Å². The molecule has 0 fully saturated rings. The molecular formula is C14H13ClFNO2. The molecular weight excluding hydrogens is 269 g/mol. The van der Waals surface area contributed by atoms with Gasteiger partial charge in [-0.1, -0.05) is 17.7 Å². The molecule has 2 rings (SSSR count). The van der Waals surface area contributed by atoms with Gasteiger partial charge in [0.25, 0.3) is 0 Å². The number of ether oxygens (including phenoxy) is 1. The molecule has 0 aliphatic heterocycles. The molecule has 19 heavy (non-hydrogen) atoms. The van der Waals surface area contributed by atoms with Crippen molar-refractivity contribution in [2.45, 2.75) is 6.54 Å². The summed E-state index contributed by atoms with van der Waals surface area (Å²) < 4.78 is 17.9. The van der Waals surface area contributed by atoms with E-state index in [1.165, 1.54) is 19.2 Å². The average molecular weight is 282 g/mol. The Bertz CT molecular complexity index is 590. The first-order valence-corrected chi connectivity index (χ1v) is 6.03. The standard InChI is InChI=1S/C14H13ClFNO2/c1-19-14-6-9(2-5-13(14)18)8-17-12-4-3-10(16)7-11(12)15/h2-7,17-18H,8H2,1H3. The number of hydrogen-bond acceptors (Lipinski definition) is 3. The molecule has 0 aliphatic carbocycles. The average Bonchev–Trinajstić information content (AvgIpc) is 2.39. The number of anilines is 1. The Morgan fingerprint density at radius 2 is 2.05 bits per heavy atom. The van der Waals surface area contributed by atoms with Crippen molar-refractivity contribution in [1.29, 1.82) is 0 Å². The molecule has 0 heterocycles. The minimum atomic E-state index is -0.373. The number of phenolic OH excluding ortho intramolecular Hbond substituents is 1. The van der Waals surface area contributed by atoms with E-state index in [-0.39, 0.29) is 11.6 Å². The van der Waals surface area contributed by atoms with E-state index in [1.807, 2.05) is 0 Å². The van der Waals surface area contributed by atoms with Crippen LogP contribution >= 0.6 is 11.6 Å². The highest BCUT2D eigenvalue weighted by molar-refractivity contribution is 6.33. The summed E-state index contributed by atoms with van der Waals surface area (Å²) in [6.45, 7) is 0.488. The molecule has 100 valence electrons. The van der Waals surface area contributed by atoms with Crippen molar-refractivity contribution in [1.82, 2.24) is 0 Å². The van der Waals surface area contributed by atoms with E-state index in [9.17, 15) is 9.50 Å². The molecule has 0 unspecified atom stereocenters. The van der Waals surface area contributed by atoms with Crippen LogP contribution in [-0.4, -0.2) is 12.2 Å². The van der Waals surface area contributed by atoms with Crippen molar-refractivity contribution >= 4 is 17.3 Å². The van der Waals surface area contributed by atoms with Gasteiger partial charge in [0.15, 0.2) is 11.5 Å². The van der Waals surface area contributed by atoms with Crippen molar-refractivity contribution in [2.75, 3.05) is 12.4 Å². The molecule has 0 radical (unpaired) electrons. The summed E-state index contributed by atoms with van der Waals surface area (Å²) in [5.41, 5.74) is 1.56. The lowest BCUT2D eigenvalue weighted by Gasteiger charge is -2.10. The topological polar surface area (TPSA) is 41.5 Å². The number of aromatic hydroxyl groups is 1. The zero-order valence-corrected chi connectivity index (χ0v) is 11.0. The quantitative estimate of drug-likeness (QED) is 0.895. The van der Waals surface area contributed by atoms with Crippen molar-refractivity contribution in [3.05, 3.63) is 52.8 Å². The van der Waals surface area contributed by atoms with Gasteiger partial charge < -0.3 is 15.2 Å². The van der Waals surface area contributed by atoms with Gasteiger partial charge in [0, 0.05) is 6.54 Å². The second-order valence-corrected chi connectivity index (χ2v) is 4.39. The SMILES string of the molecule is COc1cc(CNc2ccc(F)cc2Cl)ccc1O. The summed E-state index contributed by atoms with van der Waals surface area (Å²) in [5, 5.41) is 12.9. The molecule has 0 saturated heterocycles. The van der Waals surface area contributed by atoms with Crippen LogP contribution in [0.1, 0.15) is 5.56 Å². The maximum Gasteiger partial charge on any atom is 0.160 e. The minimum absolute atomic E-state index is 0.0889. The summed E-state index contributed by atoms with van der Waals surface area (Å²) in [7, 11) is 1.49. The number of hydrogen-bond donors (Lipinski definition) is 2. The highest BCUT2D eigenvalue weighted by Gasteiger charge is 2.04. The normalized spacial score (nSPS) is 10.3. The Kier molecular flexibility index (Phi) is 4.12. The number of halogens is 2. The Morgan fingerprint density at radius 3 is 2.74 bits per heavy atom. The van der Waals surface area contributed by atoms with Crippen molar-refractivity contribution in [2.24, 2.45) is 0 Å². The highest BCUT2D eigenvalue weighted by atomic mass is 35.5. The van der Waals surface area contributed by atoms with Crippen LogP contribution in [0, 0.1) is 5.82 Å². The third kappa shape index (κ3) is 3.29. The van der Waals surface area contributed by atoms with Gasteiger partial charge in [-0.15, -0.1) is 0 Å². The van der Waals surface area contributed by atoms with E-state index in [2.05, 4.69) is 5.32 Å². The van der Waals surface area contributed by atoms with E-state index >= 15 is 0 Å². The molecule has 0 aromatic heterocycles. The minimum Gasteiger partial charge on any atom is -0.504 e. The Morgan fingerprint density at radius 1 is 1.26 bits per heavy atom. The van der Waals surface area contributed by atoms with E-state index in [4.69, 9.17) is 16.3 Å². The van der Waals surface area contributed by atoms with Crippen LogP contribution in [0.25, 0.3) is 0 Å². The lowest BCUT2D eigenvalue weighted by atomic mass is 10.2. The van der Waals surface area contributed by atoms with Crippen LogP contribution < -0.4 is 10.1 Å². The van der Waals surface area contributed by atoms with Crippen molar-refractivity contribution in [3.63, 3.8) is 0 Å². The van der Waals surface area contributed by atoms with Crippen molar-refractivity contribution < 1.29 is 14.2 Å². The van der Waals surface area contributed by atoms with Gasteiger partial charge in [0.05, 0.1) is 17.8 Å². The second-order valence-electron chi connectivity index (χ2n) is 3.98. The van der Waals surface area contributed by atoms with Gasteiger partial charge >= 0.3 is 0 Å². The monoisotopic (exact) mass is 281 g/mol. The Hall–Kier alpha value is -1.94. The predicted octanol–water partition coefficient (Wildman–Crippen LogP) is 3.81. The third-order valence-corrected chi connectivity index (χ3v) is 2.97. The first-order valence-electron chi connectivity index (χ1n) is 5.65. The van der Waals surface area contributed by atoms with Crippen LogP contribution in [0.5, 0.6) is 11.5 Å². The van der Waals surface area contributed by atoms with E-state index in [0.717, 1.165) is 5.56 Å². The summed E-state index contributed by atoms with van der Waals surface area (Å²) in [5.74, 6) is 0.123. The fourth-order valence-electron chi connectivity index (χ4n) is 1.66. The maximum atomic E-state index is 12.9. The number of nitrogens with one attached hydrogen (secondary N) is 1. The molecule has 2 aromatic carbocycles. The van der Waals surface area contributed by atoms with Gasteiger partial charge in [0.2, 0.25) is 0 Å². The molecule has 3 nitrogen and oxygen atoms in total. The number of benzene rings is 2. The summed E-state index contributed by atoms with van der Waals surface area (Å²) in [6, 6.07) is 9.21.